The Kier molecular flexibility index (Phi) is 7.29. The van der Waals surface area contributed by atoms with Gasteiger partial charge in [0.1, 0.15) is 23.8 Å². The zero-order valence-electron chi connectivity index (χ0n) is 16.4. The van der Waals surface area contributed by atoms with Gasteiger partial charge in [-0.1, -0.05) is 41.4 Å². The Morgan fingerprint density at radius 1 is 1.07 bits per heavy atom. The van der Waals surface area contributed by atoms with Gasteiger partial charge in [-0.3, -0.25) is 9.59 Å². The summed E-state index contributed by atoms with van der Waals surface area (Å²) < 4.78 is 10.8. The number of carbonyl (C=O) groups excluding carboxylic acids is 2. The average molecular weight is 425 g/mol. The Balaban J connectivity index is 1.63. The minimum absolute atomic E-state index is 0.0632. The Hall–Kier alpha value is -3.51. The van der Waals surface area contributed by atoms with Crippen molar-refractivity contribution in [1.29, 1.82) is 0 Å². The van der Waals surface area contributed by atoms with E-state index in [1.165, 1.54) is 12.3 Å². The molecule has 0 atom stereocenters. The highest BCUT2D eigenvalue weighted by molar-refractivity contribution is 6.32. The van der Waals surface area contributed by atoms with E-state index in [-0.39, 0.29) is 18.8 Å². The van der Waals surface area contributed by atoms with Crippen molar-refractivity contribution in [2.45, 2.75) is 6.92 Å². The molecule has 30 heavy (non-hydrogen) atoms. The van der Waals surface area contributed by atoms with Crippen LogP contribution in [-0.4, -0.2) is 25.0 Å². The van der Waals surface area contributed by atoms with Gasteiger partial charge in [-0.15, -0.1) is 0 Å². The quantitative estimate of drug-likeness (QED) is 0.419. The van der Waals surface area contributed by atoms with Crippen LogP contribution in [0.3, 0.4) is 0 Å². The molecule has 0 aliphatic rings. The fourth-order valence-electron chi connectivity index (χ4n) is 2.56. The van der Waals surface area contributed by atoms with E-state index in [1.807, 2.05) is 25.1 Å². The summed E-state index contributed by atoms with van der Waals surface area (Å²) in [6, 6.07) is 17.5. The molecule has 2 N–H and O–H groups in total. The first-order valence-electron chi connectivity index (χ1n) is 9.31. The summed E-state index contributed by atoms with van der Waals surface area (Å²) in [6.07, 6.45) is 2.96. The predicted octanol–water partition coefficient (Wildman–Crippen LogP) is 4.21. The van der Waals surface area contributed by atoms with Gasteiger partial charge in [0, 0.05) is 11.6 Å². The highest BCUT2D eigenvalue weighted by atomic mass is 35.5. The van der Waals surface area contributed by atoms with Gasteiger partial charge < -0.3 is 19.8 Å². The molecular weight excluding hydrogens is 404 g/mol. The maximum absolute atomic E-state index is 12.7. The fourth-order valence-corrected chi connectivity index (χ4v) is 2.75. The maximum atomic E-state index is 12.7. The normalized spacial score (nSPS) is 11.1. The average Bonchev–Trinajstić information content (AvgIpc) is 3.25. The van der Waals surface area contributed by atoms with Crippen LogP contribution in [0.2, 0.25) is 5.02 Å². The molecule has 0 bridgehead atoms. The van der Waals surface area contributed by atoms with Crippen LogP contribution in [-0.2, 0) is 4.79 Å². The summed E-state index contributed by atoms with van der Waals surface area (Å²) in [7, 11) is 0. The van der Waals surface area contributed by atoms with Crippen molar-refractivity contribution in [2.24, 2.45) is 0 Å². The minimum Gasteiger partial charge on any atom is -0.490 e. The number of benzene rings is 2. The number of furan rings is 1. The molecule has 0 saturated carbocycles. The summed E-state index contributed by atoms with van der Waals surface area (Å²) in [6.45, 7) is 2.37. The van der Waals surface area contributed by atoms with Gasteiger partial charge in [0.15, 0.2) is 0 Å². The number of ether oxygens (including phenoxy) is 1. The lowest BCUT2D eigenvalue weighted by Gasteiger charge is -2.12. The van der Waals surface area contributed by atoms with Crippen molar-refractivity contribution in [2.75, 3.05) is 13.2 Å². The second-order valence-electron chi connectivity index (χ2n) is 6.43. The van der Waals surface area contributed by atoms with Crippen LogP contribution in [0.5, 0.6) is 5.75 Å². The van der Waals surface area contributed by atoms with E-state index in [9.17, 15) is 9.59 Å². The lowest BCUT2D eigenvalue weighted by Crippen LogP contribution is -2.36. The summed E-state index contributed by atoms with van der Waals surface area (Å²) in [4.78, 5) is 25.2. The molecule has 0 spiro atoms. The number of hydrogen-bond donors (Lipinski definition) is 2. The van der Waals surface area contributed by atoms with Crippen molar-refractivity contribution in [3.63, 3.8) is 0 Å². The van der Waals surface area contributed by atoms with Crippen molar-refractivity contribution in [3.8, 4) is 5.75 Å². The Morgan fingerprint density at radius 3 is 2.53 bits per heavy atom. The molecule has 7 heteroatoms. The topological polar surface area (TPSA) is 80.6 Å². The lowest BCUT2D eigenvalue weighted by atomic mass is 10.1. The van der Waals surface area contributed by atoms with E-state index in [1.54, 1.807) is 42.5 Å². The molecule has 0 radical (unpaired) electrons. The molecule has 1 heterocycles. The number of halogens is 1. The van der Waals surface area contributed by atoms with Gasteiger partial charge in [-0.25, -0.2) is 0 Å². The number of aryl methyl sites for hydroxylation is 1. The number of nitrogens with one attached hydrogen (secondary N) is 2. The number of rotatable bonds is 8. The molecule has 1 aromatic heterocycles. The van der Waals surface area contributed by atoms with Crippen LogP contribution < -0.4 is 15.4 Å². The molecule has 0 saturated heterocycles. The van der Waals surface area contributed by atoms with Gasteiger partial charge in [0.2, 0.25) is 0 Å². The zero-order valence-corrected chi connectivity index (χ0v) is 17.1. The third kappa shape index (κ3) is 5.99. The lowest BCUT2D eigenvalue weighted by molar-refractivity contribution is -0.117. The van der Waals surface area contributed by atoms with Gasteiger partial charge in [0.25, 0.3) is 11.8 Å². The van der Waals surface area contributed by atoms with Crippen LogP contribution in [0.4, 0.5) is 0 Å². The standard InChI is InChI=1S/C23H21ClN2O4/c1-16-8-10-17(11-9-16)22(27)26-20(15-18-5-4-13-29-18)23(28)25-12-14-30-21-7-3-2-6-19(21)24/h2-11,13,15H,12,14H2,1H3,(H,25,28)(H,26,27)/b20-15-. The Bertz CT molecular complexity index is 1030. The molecule has 0 fully saturated rings. The molecule has 6 nitrogen and oxygen atoms in total. The van der Waals surface area contributed by atoms with Crippen molar-refractivity contribution in [3.05, 3.63) is 94.5 Å². The van der Waals surface area contributed by atoms with E-state index < -0.39 is 11.8 Å². The van der Waals surface area contributed by atoms with E-state index >= 15 is 0 Å². The van der Waals surface area contributed by atoms with E-state index in [0.717, 1.165) is 5.56 Å². The van der Waals surface area contributed by atoms with E-state index in [4.69, 9.17) is 20.8 Å². The van der Waals surface area contributed by atoms with Crippen molar-refractivity contribution < 1.29 is 18.7 Å². The molecule has 2 aromatic carbocycles. The third-order valence-electron chi connectivity index (χ3n) is 4.12. The first-order valence-corrected chi connectivity index (χ1v) is 9.69. The van der Waals surface area contributed by atoms with Gasteiger partial charge in [-0.2, -0.15) is 0 Å². The summed E-state index contributed by atoms with van der Waals surface area (Å²) >= 11 is 6.04. The highest BCUT2D eigenvalue weighted by Gasteiger charge is 2.15. The first-order chi connectivity index (χ1) is 14.5. The molecule has 154 valence electrons. The minimum atomic E-state index is -0.463. The number of carbonyl (C=O) groups is 2. The molecule has 0 unspecified atom stereocenters. The van der Waals surface area contributed by atoms with Gasteiger partial charge >= 0.3 is 0 Å². The van der Waals surface area contributed by atoms with Crippen LogP contribution in [0.25, 0.3) is 6.08 Å². The first kappa shape index (κ1) is 21.2. The highest BCUT2D eigenvalue weighted by Crippen LogP contribution is 2.22. The Morgan fingerprint density at radius 2 is 1.83 bits per heavy atom. The van der Waals surface area contributed by atoms with Crippen LogP contribution in [0, 0.1) is 6.92 Å². The second kappa shape index (κ2) is 10.3. The van der Waals surface area contributed by atoms with Gasteiger partial charge in [0.05, 0.1) is 17.8 Å². The molecule has 3 aromatic rings. The largest absolute Gasteiger partial charge is 0.490 e. The number of amides is 2. The zero-order chi connectivity index (χ0) is 21.3. The monoisotopic (exact) mass is 424 g/mol. The molecule has 0 aliphatic heterocycles. The summed E-state index contributed by atoms with van der Waals surface area (Å²) in [5.41, 5.74) is 1.54. The molecule has 0 aliphatic carbocycles. The smallest absolute Gasteiger partial charge is 0.268 e. The SMILES string of the molecule is Cc1ccc(C(=O)N/C(=C\c2ccco2)C(=O)NCCOc2ccccc2Cl)cc1. The second-order valence-corrected chi connectivity index (χ2v) is 6.84. The van der Waals surface area contributed by atoms with Gasteiger partial charge in [-0.05, 0) is 43.3 Å². The van der Waals surface area contributed by atoms with E-state index in [0.29, 0.717) is 22.1 Å². The molecule has 2 amide bonds. The summed E-state index contributed by atoms with van der Waals surface area (Å²) in [5.74, 6) is 0.119. The number of para-hydroxylation sites is 1. The fraction of sp³-hybridized carbons (Fsp3) is 0.130. The number of hydrogen-bond acceptors (Lipinski definition) is 4. The van der Waals surface area contributed by atoms with Crippen molar-refractivity contribution >= 4 is 29.5 Å². The molecule has 3 rings (SSSR count). The third-order valence-corrected chi connectivity index (χ3v) is 4.43. The summed E-state index contributed by atoms with van der Waals surface area (Å²) in [5, 5.41) is 5.86. The van der Waals surface area contributed by atoms with Crippen LogP contribution >= 0.6 is 11.6 Å². The predicted molar refractivity (Wildman–Crippen MR) is 115 cm³/mol. The van der Waals surface area contributed by atoms with Crippen LogP contribution in [0.15, 0.2) is 77.0 Å². The van der Waals surface area contributed by atoms with Crippen LogP contribution in [0.1, 0.15) is 21.7 Å². The Labute approximate surface area is 179 Å². The maximum Gasteiger partial charge on any atom is 0.268 e. The molecular formula is C23H21ClN2O4. The van der Waals surface area contributed by atoms with Crippen molar-refractivity contribution in [1.82, 2.24) is 10.6 Å². The van der Waals surface area contributed by atoms with E-state index in [2.05, 4.69) is 10.6 Å².